The third-order valence-corrected chi connectivity index (χ3v) is 4.40. The number of hydrogen-bond donors (Lipinski definition) is 2. The summed E-state index contributed by atoms with van der Waals surface area (Å²) in [6.07, 6.45) is 1.31. The fourth-order valence-electron chi connectivity index (χ4n) is 2.21. The van der Waals surface area contributed by atoms with Gasteiger partial charge in [-0.3, -0.25) is 0 Å². The fourth-order valence-corrected chi connectivity index (χ4v) is 2.71. The molecule has 1 fully saturated rings. The van der Waals surface area contributed by atoms with Crippen LogP contribution in [-0.2, 0) is 6.54 Å². The highest BCUT2D eigenvalue weighted by Crippen LogP contribution is 2.32. The Morgan fingerprint density at radius 3 is 2.61 bits per heavy atom. The number of aliphatic hydroxyl groups is 1. The first-order valence-electron chi connectivity index (χ1n) is 6.09. The molecule has 0 bridgehead atoms. The van der Waals surface area contributed by atoms with Crippen LogP contribution in [0.5, 0.6) is 0 Å². The van der Waals surface area contributed by atoms with Gasteiger partial charge in [0.25, 0.3) is 0 Å². The van der Waals surface area contributed by atoms with Crippen molar-refractivity contribution in [1.82, 2.24) is 0 Å². The Hall–Kier alpha value is -0.650. The van der Waals surface area contributed by atoms with Crippen molar-refractivity contribution in [1.29, 1.82) is 0 Å². The summed E-state index contributed by atoms with van der Waals surface area (Å²) in [6, 6.07) is 3.61. The molecule has 0 radical (unpaired) electrons. The van der Waals surface area contributed by atoms with Crippen molar-refractivity contribution < 1.29 is 9.50 Å². The molecule has 0 amide bonds. The van der Waals surface area contributed by atoms with Crippen LogP contribution in [0.4, 0.5) is 10.1 Å². The molecule has 0 aromatic heterocycles. The molecule has 1 aromatic carbocycles. The highest BCUT2D eigenvalue weighted by molar-refractivity contribution is 9.10. The van der Waals surface area contributed by atoms with Crippen molar-refractivity contribution in [3.63, 3.8) is 0 Å². The molecule has 3 nitrogen and oxygen atoms in total. The van der Waals surface area contributed by atoms with E-state index >= 15 is 0 Å². The van der Waals surface area contributed by atoms with E-state index in [0.717, 1.165) is 5.56 Å². The SMILES string of the molecule is CC1(O)CCN(c2ccc(CN)c(Br)c2F)CC1. The van der Waals surface area contributed by atoms with Crippen molar-refractivity contribution in [2.75, 3.05) is 18.0 Å². The van der Waals surface area contributed by atoms with E-state index in [-0.39, 0.29) is 5.82 Å². The fraction of sp³-hybridized carbons (Fsp3) is 0.538. The lowest BCUT2D eigenvalue weighted by molar-refractivity contribution is 0.0350. The van der Waals surface area contributed by atoms with E-state index in [0.29, 0.717) is 42.6 Å². The minimum absolute atomic E-state index is 0.264. The van der Waals surface area contributed by atoms with Crippen LogP contribution in [-0.4, -0.2) is 23.8 Å². The predicted molar refractivity (Wildman–Crippen MR) is 74.1 cm³/mol. The number of benzene rings is 1. The lowest BCUT2D eigenvalue weighted by Crippen LogP contribution is -2.42. The summed E-state index contributed by atoms with van der Waals surface area (Å²) in [4.78, 5) is 1.97. The largest absolute Gasteiger partial charge is 0.390 e. The van der Waals surface area contributed by atoms with E-state index in [1.54, 1.807) is 6.07 Å². The molecule has 5 heteroatoms. The summed E-state index contributed by atoms with van der Waals surface area (Å²) in [5, 5.41) is 9.90. The minimum atomic E-state index is -0.624. The molecule has 0 atom stereocenters. The van der Waals surface area contributed by atoms with Crippen LogP contribution in [0.25, 0.3) is 0 Å². The van der Waals surface area contributed by atoms with Crippen LogP contribution in [0.2, 0.25) is 0 Å². The van der Waals surface area contributed by atoms with Crippen LogP contribution in [0, 0.1) is 5.82 Å². The lowest BCUT2D eigenvalue weighted by atomic mass is 9.93. The van der Waals surface area contributed by atoms with Gasteiger partial charge in [-0.1, -0.05) is 6.07 Å². The summed E-state index contributed by atoms with van der Waals surface area (Å²) >= 11 is 3.25. The Morgan fingerprint density at radius 1 is 1.44 bits per heavy atom. The molecule has 1 heterocycles. The number of halogens is 2. The molecule has 0 aliphatic carbocycles. The Kier molecular flexibility index (Phi) is 3.94. The summed E-state index contributed by atoms with van der Waals surface area (Å²) < 4.78 is 14.7. The zero-order valence-electron chi connectivity index (χ0n) is 10.4. The van der Waals surface area contributed by atoms with Crippen molar-refractivity contribution >= 4 is 21.6 Å². The summed E-state index contributed by atoms with van der Waals surface area (Å²) in [5.74, 6) is -0.264. The number of piperidine rings is 1. The average Bonchev–Trinajstić information content (AvgIpc) is 2.33. The summed E-state index contributed by atoms with van der Waals surface area (Å²) in [7, 11) is 0. The standard InChI is InChI=1S/C13H18BrFN2O/c1-13(18)4-6-17(7-5-13)10-3-2-9(8-16)11(14)12(10)15/h2-3,18H,4-8,16H2,1H3. The van der Waals surface area contributed by atoms with Gasteiger partial charge in [-0.25, -0.2) is 4.39 Å². The molecule has 100 valence electrons. The van der Waals surface area contributed by atoms with Gasteiger partial charge < -0.3 is 15.7 Å². The number of nitrogens with two attached hydrogens (primary N) is 1. The van der Waals surface area contributed by atoms with Crippen molar-refractivity contribution in [3.8, 4) is 0 Å². The highest BCUT2D eigenvalue weighted by Gasteiger charge is 2.28. The highest BCUT2D eigenvalue weighted by atomic mass is 79.9. The van der Waals surface area contributed by atoms with Crippen LogP contribution in [0.15, 0.2) is 16.6 Å². The maximum Gasteiger partial charge on any atom is 0.160 e. The molecule has 0 spiro atoms. The lowest BCUT2D eigenvalue weighted by Gasteiger charge is -2.37. The van der Waals surface area contributed by atoms with Gasteiger partial charge >= 0.3 is 0 Å². The third-order valence-electron chi connectivity index (χ3n) is 3.54. The van der Waals surface area contributed by atoms with Crippen molar-refractivity contribution in [2.24, 2.45) is 5.73 Å². The number of anilines is 1. The molecule has 1 saturated heterocycles. The zero-order chi connectivity index (χ0) is 13.3. The molecule has 1 aliphatic rings. The zero-order valence-corrected chi connectivity index (χ0v) is 12.0. The molecule has 18 heavy (non-hydrogen) atoms. The van der Waals surface area contributed by atoms with E-state index in [1.807, 2.05) is 17.9 Å². The molecule has 2 rings (SSSR count). The van der Waals surface area contributed by atoms with E-state index in [9.17, 15) is 9.50 Å². The monoisotopic (exact) mass is 316 g/mol. The summed E-state index contributed by atoms with van der Waals surface area (Å²) in [6.45, 7) is 3.47. The minimum Gasteiger partial charge on any atom is -0.390 e. The number of rotatable bonds is 2. The van der Waals surface area contributed by atoms with Crippen molar-refractivity contribution in [2.45, 2.75) is 31.9 Å². The normalized spacial score (nSPS) is 19.1. The maximum atomic E-state index is 14.2. The first-order valence-corrected chi connectivity index (χ1v) is 6.88. The van der Waals surface area contributed by atoms with Crippen LogP contribution in [0.1, 0.15) is 25.3 Å². The number of hydrogen-bond acceptors (Lipinski definition) is 3. The van der Waals surface area contributed by atoms with E-state index in [4.69, 9.17) is 5.73 Å². The smallest absolute Gasteiger partial charge is 0.160 e. The Balaban J connectivity index is 2.22. The van der Waals surface area contributed by atoms with Gasteiger partial charge in [0.05, 0.1) is 15.8 Å². The second kappa shape index (κ2) is 5.15. The van der Waals surface area contributed by atoms with Crippen LogP contribution < -0.4 is 10.6 Å². The molecule has 3 N–H and O–H groups in total. The molecular formula is C13H18BrFN2O. The van der Waals surface area contributed by atoms with Crippen molar-refractivity contribution in [3.05, 3.63) is 28.0 Å². The summed E-state index contributed by atoms with van der Waals surface area (Å²) in [5.41, 5.74) is 6.26. The van der Waals surface area contributed by atoms with Crippen LogP contribution in [0.3, 0.4) is 0 Å². The van der Waals surface area contributed by atoms with Crippen LogP contribution >= 0.6 is 15.9 Å². The molecule has 0 unspecified atom stereocenters. The van der Waals surface area contributed by atoms with Gasteiger partial charge in [-0.05, 0) is 47.3 Å². The first kappa shape index (κ1) is 13.8. The second-order valence-electron chi connectivity index (χ2n) is 5.06. The molecular weight excluding hydrogens is 299 g/mol. The number of nitrogens with zero attached hydrogens (tertiary/aromatic N) is 1. The molecule has 1 aromatic rings. The maximum absolute atomic E-state index is 14.2. The predicted octanol–water partition coefficient (Wildman–Crippen LogP) is 2.40. The second-order valence-corrected chi connectivity index (χ2v) is 5.85. The van der Waals surface area contributed by atoms with Gasteiger partial charge in [0, 0.05) is 19.6 Å². The Labute approximate surface area is 115 Å². The van der Waals surface area contributed by atoms with E-state index in [2.05, 4.69) is 15.9 Å². The van der Waals surface area contributed by atoms with Gasteiger partial charge in [-0.15, -0.1) is 0 Å². The van der Waals surface area contributed by atoms with Gasteiger partial charge in [0.15, 0.2) is 5.82 Å². The molecule has 1 aliphatic heterocycles. The Bertz CT molecular complexity index is 441. The Morgan fingerprint density at radius 2 is 2.06 bits per heavy atom. The van der Waals surface area contributed by atoms with Gasteiger partial charge in [-0.2, -0.15) is 0 Å². The van der Waals surface area contributed by atoms with Gasteiger partial charge in [0.2, 0.25) is 0 Å². The molecule has 0 saturated carbocycles. The first-order chi connectivity index (χ1) is 8.44. The van der Waals surface area contributed by atoms with E-state index < -0.39 is 5.60 Å². The third kappa shape index (κ3) is 2.68. The quantitative estimate of drug-likeness (QED) is 0.881. The average molecular weight is 317 g/mol. The topological polar surface area (TPSA) is 49.5 Å². The van der Waals surface area contributed by atoms with Gasteiger partial charge in [0.1, 0.15) is 0 Å². The van der Waals surface area contributed by atoms with E-state index in [1.165, 1.54) is 0 Å².